The fourth-order valence-electron chi connectivity index (χ4n) is 2.65. The Hall–Kier alpha value is -1.57. The Morgan fingerprint density at radius 2 is 1.76 bits per heavy atom. The quantitative estimate of drug-likeness (QED) is 0.784. The highest BCUT2D eigenvalue weighted by atomic mass is 79.9. The van der Waals surface area contributed by atoms with Crippen LogP contribution >= 0.6 is 15.9 Å². The van der Waals surface area contributed by atoms with Crippen LogP contribution in [0.3, 0.4) is 0 Å². The number of sulfonamides is 1. The van der Waals surface area contributed by atoms with Crippen molar-refractivity contribution in [2.75, 3.05) is 13.2 Å². The van der Waals surface area contributed by atoms with Crippen LogP contribution in [0.1, 0.15) is 31.4 Å². The molecule has 0 saturated heterocycles. The first-order chi connectivity index (χ1) is 12.0. The van der Waals surface area contributed by atoms with Gasteiger partial charge < -0.3 is 9.47 Å². The summed E-state index contributed by atoms with van der Waals surface area (Å²) in [6, 6.07) is 12.1. The highest BCUT2D eigenvalue weighted by Gasteiger charge is 2.22. The summed E-state index contributed by atoms with van der Waals surface area (Å²) in [4.78, 5) is 0.173. The number of benzene rings is 2. The summed E-state index contributed by atoms with van der Waals surface area (Å²) < 4.78 is 40.5. The zero-order chi connectivity index (χ0) is 17.9. The summed E-state index contributed by atoms with van der Waals surface area (Å²) in [5.74, 6) is 1.05. The molecule has 0 radical (unpaired) electrons. The molecule has 0 fully saturated rings. The van der Waals surface area contributed by atoms with E-state index < -0.39 is 10.0 Å². The summed E-state index contributed by atoms with van der Waals surface area (Å²) in [5, 5.41) is 0. The SMILES string of the molecule is CCC(NS(=O)(=O)c1ccc2c(c1)OCCCO2)c1ccc(Br)cc1. The van der Waals surface area contributed by atoms with Crippen LogP contribution in [-0.4, -0.2) is 21.6 Å². The summed E-state index contributed by atoms with van der Waals surface area (Å²) in [6.07, 6.45) is 1.42. The van der Waals surface area contributed by atoms with Crippen LogP contribution < -0.4 is 14.2 Å². The number of fused-ring (bicyclic) bond motifs is 1. The zero-order valence-corrected chi connectivity index (χ0v) is 16.3. The van der Waals surface area contributed by atoms with Gasteiger partial charge in [0.1, 0.15) is 0 Å². The normalized spacial score (nSPS) is 15.4. The number of halogens is 1. The lowest BCUT2D eigenvalue weighted by Gasteiger charge is -2.18. The molecule has 25 heavy (non-hydrogen) atoms. The van der Waals surface area contributed by atoms with E-state index in [1.807, 2.05) is 31.2 Å². The second-order valence-electron chi connectivity index (χ2n) is 5.79. The molecule has 1 unspecified atom stereocenters. The lowest BCUT2D eigenvalue weighted by Crippen LogP contribution is -2.28. The first-order valence-corrected chi connectivity index (χ1v) is 10.4. The van der Waals surface area contributed by atoms with E-state index in [-0.39, 0.29) is 10.9 Å². The molecule has 5 nitrogen and oxygen atoms in total. The van der Waals surface area contributed by atoms with Crippen molar-refractivity contribution >= 4 is 26.0 Å². The second kappa shape index (κ2) is 7.76. The number of ether oxygens (including phenoxy) is 2. The maximum absolute atomic E-state index is 12.8. The van der Waals surface area contributed by atoms with Crippen LogP contribution in [0.4, 0.5) is 0 Å². The molecule has 1 N–H and O–H groups in total. The average Bonchev–Trinajstić information content (AvgIpc) is 2.85. The standard InChI is InChI=1S/C18H20BrNO4S/c1-2-16(13-4-6-14(19)7-5-13)20-25(21,22)15-8-9-17-18(12-15)24-11-3-10-23-17/h4-9,12,16,20H,2-3,10-11H2,1H3. The Kier molecular flexibility index (Phi) is 5.66. The Labute approximate surface area is 156 Å². The molecule has 1 aliphatic rings. The summed E-state index contributed by atoms with van der Waals surface area (Å²) in [6.45, 7) is 3.03. The minimum absolute atomic E-state index is 0.173. The third-order valence-electron chi connectivity index (χ3n) is 4.01. The molecule has 0 bridgehead atoms. The van der Waals surface area contributed by atoms with E-state index in [0.29, 0.717) is 31.1 Å². The molecule has 1 atom stereocenters. The zero-order valence-electron chi connectivity index (χ0n) is 13.9. The highest BCUT2D eigenvalue weighted by Crippen LogP contribution is 2.32. The van der Waals surface area contributed by atoms with Gasteiger partial charge in [0.05, 0.1) is 18.1 Å². The van der Waals surface area contributed by atoms with Gasteiger partial charge in [-0.05, 0) is 36.2 Å². The van der Waals surface area contributed by atoms with Crippen molar-refractivity contribution in [1.29, 1.82) is 0 Å². The average molecular weight is 426 g/mol. The van der Waals surface area contributed by atoms with Gasteiger partial charge in [-0.2, -0.15) is 0 Å². The van der Waals surface area contributed by atoms with Crippen LogP contribution in [-0.2, 0) is 10.0 Å². The van der Waals surface area contributed by atoms with Gasteiger partial charge >= 0.3 is 0 Å². The summed E-state index contributed by atoms with van der Waals surface area (Å²) >= 11 is 3.39. The molecule has 1 aliphatic heterocycles. The highest BCUT2D eigenvalue weighted by molar-refractivity contribution is 9.10. The smallest absolute Gasteiger partial charge is 0.241 e. The van der Waals surface area contributed by atoms with Crippen LogP contribution in [0.2, 0.25) is 0 Å². The van der Waals surface area contributed by atoms with Gasteiger partial charge in [-0.3, -0.25) is 0 Å². The molecule has 0 spiro atoms. The minimum Gasteiger partial charge on any atom is -0.490 e. The predicted octanol–water partition coefficient (Wildman–Crippen LogP) is 4.04. The van der Waals surface area contributed by atoms with Gasteiger partial charge in [0.15, 0.2) is 11.5 Å². The summed E-state index contributed by atoms with van der Waals surface area (Å²) in [7, 11) is -3.67. The maximum Gasteiger partial charge on any atom is 0.241 e. The van der Waals surface area contributed by atoms with Gasteiger partial charge in [0.25, 0.3) is 0 Å². The van der Waals surface area contributed by atoms with Crippen molar-refractivity contribution in [2.24, 2.45) is 0 Å². The van der Waals surface area contributed by atoms with Gasteiger partial charge in [0, 0.05) is 23.0 Å². The molecule has 0 amide bonds. The molecule has 0 aromatic heterocycles. The van der Waals surface area contributed by atoms with Gasteiger partial charge in [-0.15, -0.1) is 0 Å². The van der Waals surface area contributed by atoms with E-state index in [1.165, 1.54) is 6.07 Å². The fourth-order valence-corrected chi connectivity index (χ4v) is 4.24. The largest absolute Gasteiger partial charge is 0.490 e. The van der Waals surface area contributed by atoms with Crippen LogP contribution in [0.25, 0.3) is 0 Å². The number of rotatable bonds is 5. The molecule has 3 rings (SSSR count). The summed E-state index contributed by atoms with van der Waals surface area (Å²) in [5.41, 5.74) is 0.920. The van der Waals surface area contributed by atoms with Crippen LogP contribution in [0, 0.1) is 0 Å². The first-order valence-electron chi connectivity index (χ1n) is 8.17. The molecule has 134 valence electrons. The lowest BCUT2D eigenvalue weighted by atomic mass is 10.1. The monoisotopic (exact) mass is 425 g/mol. The van der Waals surface area contributed by atoms with Gasteiger partial charge in [-0.1, -0.05) is 35.0 Å². The Morgan fingerprint density at radius 1 is 1.08 bits per heavy atom. The molecular weight excluding hydrogens is 406 g/mol. The predicted molar refractivity (Wildman–Crippen MR) is 99.5 cm³/mol. The van der Waals surface area contributed by atoms with Crippen LogP contribution in [0.15, 0.2) is 51.8 Å². The Morgan fingerprint density at radius 3 is 2.44 bits per heavy atom. The molecule has 7 heteroatoms. The minimum atomic E-state index is -3.67. The molecule has 2 aromatic carbocycles. The number of nitrogens with one attached hydrogen (secondary N) is 1. The molecule has 1 heterocycles. The van der Waals surface area contributed by atoms with E-state index in [0.717, 1.165) is 16.5 Å². The number of hydrogen-bond donors (Lipinski definition) is 1. The van der Waals surface area contributed by atoms with Crippen molar-refractivity contribution in [2.45, 2.75) is 30.7 Å². The van der Waals surface area contributed by atoms with Gasteiger partial charge in [-0.25, -0.2) is 13.1 Å². The molecule has 0 saturated carbocycles. The van der Waals surface area contributed by atoms with E-state index in [1.54, 1.807) is 12.1 Å². The second-order valence-corrected chi connectivity index (χ2v) is 8.42. The lowest BCUT2D eigenvalue weighted by molar-refractivity contribution is 0.297. The van der Waals surface area contributed by atoms with Crippen molar-refractivity contribution < 1.29 is 17.9 Å². The van der Waals surface area contributed by atoms with Crippen molar-refractivity contribution in [3.63, 3.8) is 0 Å². The molecule has 2 aromatic rings. The fraction of sp³-hybridized carbons (Fsp3) is 0.333. The van der Waals surface area contributed by atoms with Gasteiger partial charge in [0.2, 0.25) is 10.0 Å². The van der Waals surface area contributed by atoms with Crippen molar-refractivity contribution in [1.82, 2.24) is 4.72 Å². The van der Waals surface area contributed by atoms with E-state index in [9.17, 15) is 8.42 Å². The topological polar surface area (TPSA) is 64.6 Å². The van der Waals surface area contributed by atoms with E-state index in [4.69, 9.17) is 9.47 Å². The van der Waals surface area contributed by atoms with E-state index >= 15 is 0 Å². The Bertz CT molecular complexity index is 837. The van der Waals surface area contributed by atoms with Crippen LogP contribution in [0.5, 0.6) is 11.5 Å². The first kappa shape index (κ1) is 18.2. The molecular formula is C18H20BrNO4S. The van der Waals surface area contributed by atoms with E-state index in [2.05, 4.69) is 20.7 Å². The van der Waals surface area contributed by atoms with Crippen molar-refractivity contribution in [3.05, 3.63) is 52.5 Å². The maximum atomic E-state index is 12.8. The number of hydrogen-bond acceptors (Lipinski definition) is 4. The third-order valence-corrected chi connectivity index (χ3v) is 6.01. The third kappa shape index (κ3) is 4.34. The molecule has 0 aliphatic carbocycles. The van der Waals surface area contributed by atoms with Crippen molar-refractivity contribution in [3.8, 4) is 11.5 Å². The Balaban J connectivity index is 1.85.